The summed E-state index contributed by atoms with van der Waals surface area (Å²) in [5.74, 6) is -0.0509. The predicted molar refractivity (Wildman–Crippen MR) is 105 cm³/mol. The highest BCUT2D eigenvalue weighted by Crippen LogP contribution is 2.21. The Labute approximate surface area is 161 Å². The molecule has 27 heavy (non-hydrogen) atoms. The van der Waals surface area contributed by atoms with Crippen molar-refractivity contribution in [2.45, 2.75) is 38.6 Å². The molecule has 2 heterocycles. The van der Waals surface area contributed by atoms with Crippen molar-refractivity contribution >= 4 is 17.5 Å². The maximum Gasteiger partial charge on any atom is 0.229 e. The fraction of sp³-hybridized carbons (Fsp3) is 0.619. The third kappa shape index (κ3) is 5.78. The molecule has 0 bridgehead atoms. The minimum atomic E-state index is -0.162. The van der Waals surface area contributed by atoms with Gasteiger partial charge in [0.2, 0.25) is 11.8 Å². The second-order valence-electron chi connectivity index (χ2n) is 7.59. The summed E-state index contributed by atoms with van der Waals surface area (Å²) in [6.45, 7) is 4.77. The van der Waals surface area contributed by atoms with E-state index in [4.69, 9.17) is 4.74 Å². The van der Waals surface area contributed by atoms with Gasteiger partial charge in [0.05, 0.1) is 12.5 Å². The largest absolute Gasteiger partial charge is 0.383 e. The highest BCUT2D eigenvalue weighted by Gasteiger charge is 2.30. The molecular weight excluding hydrogens is 342 g/mol. The number of rotatable bonds is 7. The number of amides is 2. The SMILES string of the molecule is COCCN1CC(C(=O)Nc2cccc(CN3CCCCC3)c2)CCC1=O. The monoisotopic (exact) mass is 373 g/mol. The van der Waals surface area contributed by atoms with E-state index in [2.05, 4.69) is 22.3 Å². The lowest BCUT2D eigenvalue weighted by atomic mass is 9.96. The molecule has 1 unspecified atom stereocenters. The summed E-state index contributed by atoms with van der Waals surface area (Å²) in [7, 11) is 1.62. The molecule has 148 valence electrons. The summed E-state index contributed by atoms with van der Waals surface area (Å²) in [5.41, 5.74) is 2.07. The molecule has 1 atom stereocenters. The standard InChI is InChI=1S/C21H31N3O3/c1-27-13-12-24-16-18(8-9-20(24)25)21(26)22-19-7-5-6-17(14-19)15-23-10-3-2-4-11-23/h5-7,14,18H,2-4,8-13,15-16H2,1H3,(H,22,26). The Hall–Kier alpha value is -1.92. The Morgan fingerprint density at radius 2 is 2.07 bits per heavy atom. The summed E-state index contributed by atoms with van der Waals surface area (Å²) >= 11 is 0. The van der Waals surface area contributed by atoms with Crippen LogP contribution in [0.3, 0.4) is 0 Å². The molecule has 1 aromatic carbocycles. The van der Waals surface area contributed by atoms with Gasteiger partial charge >= 0.3 is 0 Å². The van der Waals surface area contributed by atoms with E-state index in [1.165, 1.54) is 24.8 Å². The van der Waals surface area contributed by atoms with Gasteiger partial charge in [-0.3, -0.25) is 14.5 Å². The highest BCUT2D eigenvalue weighted by atomic mass is 16.5. The molecule has 0 saturated carbocycles. The van der Waals surface area contributed by atoms with Crippen LogP contribution >= 0.6 is 0 Å². The molecule has 3 rings (SSSR count). The Bertz CT molecular complexity index is 643. The predicted octanol–water partition coefficient (Wildman–Crippen LogP) is 2.50. The number of piperidine rings is 2. The van der Waals surface area contributed by atoms with E-state index in [1.54, 1.807) is 12.0 Å². The minimum Gasteiger partial charge on any atom is -0.383 e. The Balaban J connectivity index is 1.55. The molecule has 1 N–H and O–H groups in total. The molecule has 2 aliphatic rings. The van der Waals surface area contributed by atoms with Gasteiger partial charge in [0.25, 0.3) is 0 Å². The molecule has 6 nitrogen and oxygen atoms in total. The number of carbonyl (C=O) groups excluding carboxylic acids is 2. The smallest absolute Gasteiger partial charge is 0.229 e. The topological polar surface area (TPSA) is 61.9 Å². The van der Waals surface area contributed by atoms with Crippen LogP contribution in [0, 0.1) is 5.92 Å². The van der Waals surface area contributed by atoms with Gasteiger partial charge in [-0.15, -0.1) is 0 Å². The summed E-state index contributed by atoms with van der Waals surface area (Å²) in [4.78, 5) is 28.9. The van der Waals surface area contributed by atoms with Gasteiger partial charge in [-0.2, -0.15) is 0 Å². The number of anilines is 1. The number of nitrogens with zero attached hydrogens (tertiary/aromatic N) is 2. The average molecular weight is 373 g/mol. The molecule has 0 aromatic heterocycles. The Morgan fingerprint density at radius 3 is 2.85 bits per heavy atom. The van der Waals surface area contributed by atoms with Crippen molar-refractivity contribution in [2.24, 2.45) is 5.92 Å². The van der Waals surface area contributed by atoms with Gasteiger partial charge in [0.15, 0.2) is 0 Å². The van der Waals surface area contributed by atoms with Crippen LogP contribution in [0.2, 0.25) is 0 Å². The second kappa shape index (κ2) is 9.85. The molecule has 0 radical (unpaired) electrons. The van der Waals surface area contributed by atoms with Crippen LogP contribution in [-0.2, 0) is 20.9 Å². The number of methoxy groups -OCH3 is 1. The van der Waals surface area contributed by atoms with Crippen LogP contribution in [0.25, 0.3) is 0 Å². The summed E-state index contributed by atoms with van der Waals surface area (Å²) in [5, 5.41) is 3.05. The molecule has 6 heteroatoms. The van der Waals surface area contributed by atoms with E-state index in [-0.39, 0.29) is 17.7 Å². The van der Waals surface area contributed by atoms with Gasteiger partial charge in [-0.25, -0.2) is 0 Å². The van der Waals surface area contributed by atoms with Crippen LogP contribution < -0.4 is 5.32 Å². The van der Waals surface area contributed by atoms with Crippen molar-refractivity contribution in [3.63, 3.8) is 0 Å². The molecular formula is C21H31N3O3. The van der Waals surface area contributed by atoms with E-state index in [0.717, 1.165) is 25.3 Å². The van der Waals surface area contributed by atoms with Crippen molar-refractivity contribution in [3.05, 3.63) is 29.8 Å². The lowest BCUT2D eigenvalue weighted by molar-refractivity contribution is -0.137. The van der Waals surface area contributed by atoms with E-state index in [1.807, 2.05) is 12.1 Å². The molecule has 1 aromatic rings. The van der Waals surface area contributed by atoms with Gasteiger partial charge in [0.1, 0.15) is 0 Å². The van der Waals surface area contributed by atoms with Gasteiger partial charge in [0, 0.05) is 38.9 Å². The zero-order chi connectivity index (χ0) is 19.1. The van der Waals surface area contributed by atoms with E-state index in [0.29, 0.717) is 32.5 Å². The van der Waals surface area contributed by atoms with Gasteiger partial charge in [-0.05, 0) is 50.0 Å². The van der Waals surface area contributed by atoms with E-state index in [9.17, 15) is 9.59 Å². The van der Waals surface area contributed by atoms with Gasteiger partial charge in [-0.1, -0.05) is 18.6 Å². The number of hydrogen-bond donors (Lipinski definition) is 1. The van der Waals surface area contributed by atoms with Crippen molar-refractivity contribution in [2.75, 3.05) is 45.2 Å². The third-order valence-electron chi connectivity index (χ3n) is 5.49. The first-order valence-corrected chi connectivity index (χ1v) is 10.0. The van der Waals surface area contributed by atoms with E-state index < -0.39 is 0 Å². The number of hydrogen-bond acceptors (Lipinski definition) is 4. The fourth-order valence-electron chi connectivity index (χ4n) is 3.91. The van der Waals surface area contributed by atoms with Crippen molar-refractivity contribution in [3.8, 4) is 0 Å². The normalized spacial score (nSPS) is 21.3. The highest BCUT2D eigenvalue weighted by molar-refractivity contribution is 5.94. The van der Waals surface area contributed by atoms with Crippen LogP contribution in [0.1, 0.15) is 37.7 Å². The zero-order valence-electron chi connectivity index (χ0n) is 16.3. The Morgan fingerprint density at radius 1 is 1.26 bits per heavy atom. The zero-order valence-corrected chi connectivity index (χ0v) is 16.3. The summed E-state index contributed by atoms with van der Waals surface area (Å²) < 4.78 is 5.06. The van der Waals surface area contributed by atoms with E-state index >= 15 is 0 Å². The fourth-order valence-corrected chi connectivity index (χ4v) is 3.91. The molecule has 2 saturated heterocycles. The average Bonchev–Trinajstić information content (AvgIpc) is 2.68. The quantitative estimate of drug-likeness (QED) is 0.798. The van der Waals surface area contributed by atoms with Crippen LogP contribution in [0.4, 0.5) is 5.69 Å². The third-order valence-corrected chi connectivity index (χ3v) is 5.49. The lowest BCUT2D eigenvalue weighted by Crippen LogP contribution is -2.45. The number of benzene rings is 1. The molecule has 0 aliphatic carbocycles. The number of nitrogens with one attached hydrogen (secondary N) is 1. The summed E-state index contributed by atoms with van der Waals surface area (Å²) in [6, 6.07) is 8.14. The first-order chi connectivity index (χ1) is 13.2. The maximum atomic E-state index is 12.7. The van der Waals surface area contributed by atoms with Crippen molar-refractivity contribution in [1.82, 2.24) is 9.80 Å². The summed E-state index contributed by atoms with van der Waals surface area (Å²) in [6.07, 6.45) is 4.92. The minimum absolute atomic E-state index is 0.0000364. The molecule has 0 spiro atoms. The second-order valence-corrected chi connectivity index (χ2v) is 7.59. The first kappa shape index (κ1) is 19.8. The Kier molecular flexibility index (Phi) is 7.24. The number of carbonyl (C=O) groups is 2. The van der Waals surface area contributed by atoms with Crippen LogP contribution in [0.5, 0.6) is 0 Å². The molecule has 2 aliphatic heterocycles. The van der Waals surface area contributed by atoms with Crippen LogP contribution in [0.15, 0.2) is 24.3 Å². The molecule has 2 fully saturated rings. The number of likely N-dealkylation sites (tertiary alicyclic amines) is 2. The van der Waals surface area contributed by atoms with Crippen LogP contribution in [-0.4, -0.2) is 61.5 Å². The first-order valence-electron chi connectivity index (χ1n) is 10.0. The molecule has 2 amide bonds. The van der Waals surface area contributed by atoms with Gasteiger partial charge < -0.3 is 15.0 Å². The maximum absolute atomic E-state index is 12.7. The van der Waals surface area contributed by atoms with Crippen molar-refractivity contribution < 1.29 is 14.3 Å². The van der Waals surface area contributed by atoms with Crippen molar-refractivity contribution in [1.29, 1.82) is 0 Å². The lowest BCUT2D eigenvalue weighted by Gasteiger charge is -2.31. The number of ether oxygens (including phenoxy) is 1.